The Morgan fingerprint density at radius 2 is 2.25 bits per heavy atom. The largest absolute Gasteiger partial charge is 0.481 e. The Morgan fingerprint density at radius 3 is 2.95 bits per heavy atom. The van der Waals surface area contributed by atoms with Crippen LogP contribution in [0, 0.1) is 11.8 Å². The lowest BCUT2D eigenvalue weighted by Gasteiger charge is -2.13. The monoisotopic (exact) mass is 337 g/mol. The SMILES string of the molecule is CCC1CC(C(=O)O)C(c2nnc3ccc(Br)cn23)C1. The number of fused-ring (bicyclic) bond motifs is 1. The van der Waals surface area contributed by atoms with Crippen molar-refractivity contribution < 1.29 is 9.90 Å². The van der Waals surface area contributed by atoms with Gasteiger partial charge < -0.3 is 5.11 Å². The summed E-state index contributed by atoms with van der Waals surface area (Å²) in [5.41, 5.74) is 0.757. The Labute approximate surface area is 125 Å². The van der Waals surface area contributed by atoms with Crippen LogP contribution in [0.3, 0.4) is 0 Å². The lowest BCUT2D eigenvalue weighted by molar-refractivity contribution is -0.142. The van der Waals surface area contributed by atoms with Gasteiger partial charge >= 0.3 is 5.97 Å². The molecule has 2 aromatic heterocycles. The molecule has 0 aliphatic heterocycles. The number of halogens is 1. The van der Waals surface area contributed by atoms with Gasteiger partial charge in [0.25, 0.3) is 0 Å². The van der Waals surface area contributed by atoms with Gasteiger partial charge in [-0.1, -0.05) is 13.3 Å². The second kappa shape index (κ2) is 5.16. The van der Waals surface area contributed by atoms with E-state index in [0.717, 1.165) is 35.2 Å². The Kier molecular flexibility index (Phi) is 3.50. The van der Waals surface area contributed by atoms with E-state index in [1.807, 2.05) is 22.7 Å². The molecule has 3 rings (SSSR count). The fourth-order valence-electron chi connectivity index (χ4n) is 3.17. The van der Waals surface area contributed by atoms with Crippen LogP contribution in [0.5, 0.6) is 0 Å². The lowest BCUT2D eigenvalue weighted by Crippen LogP contribution is -2.18. The summed E-state index contributed by atoms with van der Waals surface area (Å²) in [5.74, 6) is 0.0935. The molecule has 106 valence electrons. The molecule has 6 heteroatoms. The molecule has 0 bridgehead atoms. The first-order chi connectivity index (χ1) is 9.60. The van der Waals surface area contributed by atoms with Gasteiger partial charge in [-0.2, -0.15) is 0 Å². The molecule has 1 aliphatic rings. The van der Waals surface area contributed by atoms with Crippen LogP contribution in [0.2, 0.25) is 0 Å². The van der Waals surface area contributed by atoms with Crippen molar-refractivity contribution in [2.24, 2.45) is 11.8 Å². The first-order valence-corrected chi connectivity index (χ1v) is 7.62. The Hall–Kier alpha value is -1.43. The standard InChI is InChI=1S/C14H16BrN3O2/c1-2-8-5-10(11(6-8)14(19)20)13-17-16-12-4-3-9(15)7-18(12)13/h3-4,7-8,10-11H,2,5-6H2,1H3,(H,19,20). The zero-order valence-corrected chi connectivity index (χ0v) is 12.7. The van der Waals surface area contributed by atoms with Crippen LogP contribution in [0.15, 0.2) is 22.8 Å². The maximum absolute atomic E-state index is 11.5. The third-order valence-electron chi connectivity index (χ3n) is 4.28. The topological polar surface area (TPSA) is 67.5 Å². The second-order valence-electron chi connectivity index (χ2n) is 5.43. The predicted octanol–water partition coefficient (Wildman–Crippen LogP) is 3.10. The molecular formula is C14H16BrN3O2. The summed E-state index contributed by atoms with van der Waals surface area (Å²) in [6.07, 6.45) is 4.53. The van der Waals surface area contributed by atoms with E-state index >= 15 is 0 Å². The van der Waals surface area contributed by atoms with Crippen molar-refractivity contribution in [3.8, 4) is 0 Å². The normalized spacial score (nSPS) is 26.2. The Balaban J connectivity index is 2.04. The molecule has 0 spiro atoms. The number of aliphatic carboxylic acids is 1. The van der Waals surface area contributed by atoms with Crippen molar-refractivity contribution in [1.82, 2.24) is 14.6 Å². The van der Waals surface area contributed by atoms with Gasteiger partial charge in [0.2, 0.25) is 0 Å². The number of carbonyl (C=O) groups is 1. The molecule has 0 radical (unpaired) electrons. The van der Waals surface area contributed by atoms with Crippen molar-refractivity contribution in [2.75, 3.05) is 0 Å². The van der Waals surface area contributed by atoms with E-state index in [1.54, 1.807) is 0 Å². The van der Waals surface area contributed by atoms with Crippen molar-refractivity contribution in [1.29, 1.82) is 0 Å². The number of hydrogen-bond acceptors (Lipinski definition) is 3. The molecule has 1 saturated carbocycles. The summed E-state index contributed by atoms with van der Waals surface area (Å²) in [4.78, 5) is 11.5. The Bertz CT molecular complexity index is 655. The van der Waals surface area contributed by atoms with E-state index in [-0.39, 0.29) is 11.8 Å². The quantitative estimate of drug-likeness (QED) is 0.934. The molecule has 3 atom stereocenters. The van der Waals surface area contributed by atoms with Crippen molar-refractivity contribution in [3.05, 3.63) is 28.6 Å². The molecule has 0 saturated heterocycles. The van der Waals surface area contributed by atoms with E-state index in [2.05, 4.69) is 33.1 Å². The molecule has 2 heterocycles. The van der Waals surface area contributed by atoms with Crippen LogP contribution < -0.4 is 0 Å². The smallest absolute Gasteiger partial charge is 0.307 e. The molecule has 2 aromatic rings. The molecule has 1 aliphatic carbocycles. The van der Waals surface area contributed by atoms with Crippen LogP contribution in [0.4, 0.5) is 0 Å². The Morgan fingerprint density at radius 1 is 1.45 bits per heavy atom. The van der Waals surface area contributed by atoms with Crippen LogP contribution in [0.1, 0.15) is 37.9 Å². The minimum atomic E-state index is -0.724. The highest BCUT2D eigenvalue weighted by Crippen LogP contribution is 2.44. The van der Waals surface area contributed by atoms with Crippen LogP contribution >= 0.6 is 15.9 Å². The van der Waals surface area contributed by atoms with Gasteiger partial charge in [-0.15, -0.1) is 10.2 Å². The fraction of sp³-hybridized carbons (Fsp3) is 0.500. The third-order valence-corrected chi connectivity index (χ3v) is 4.75. The van der Waals surface area contributed by atoms with E-state index in [1.165, 1.54) is 0 Å². The minimum Gasteiger partial charge on any atom is -0.481 e. The third kappa shape index (κ3) is 2.22. The van der Waals surface area contributed by atoms with Gasteiger partial charge in [0, 0.05) is 16.6 Å². The van der Waals surface area contributed by atoms with E-state index in [4.69, 9.17) is 0 Å². The molecule has 5 nitrogen and oxygen atoms in total. The number of nitrogens with zero attached hydrogens (tertiary/aromatic N) is 3. The highest BCUT2D eigenvalue weighted by Gasteiger charge is 2.41. The summed E-state index contributed by atoms with van der Waals surface area (Å²) < 4.78 is 2.84. The summed E-state index contributed by atoms with van der Waals surface area (Å²) in [7, 11) is 0. The van der Waals surface area contributed by atoms with Crippen molar-refractivity contribution in [3.63, 3.8) is 0 Å². The zero-order valence-electron chi connectivity index (χ0n) is 11.2. The number of hydrogen-bond donors (Lipinski definition) is 1. The number of carboxylic acids is 1. The molecular weight excluding hydrogens is 322 g/mol. The van der Waals surface area contributed by atoms with Gasteiger partial charge in [0.15, 0.2) is 5.65 Å². The summed E-state index contributed by atoms with van der Waals surface area (Å²) in [6, 6.07) is 3.79. The number of carboxylic acid groups (broad SMARTS) is 1. The number of pyridine rings is 1. The first kappa shape index (κ1) is 13.5. The minimum absolute atomic E-state index is 0.0539. The van der Waals surface area contributed by atoms with Gasteiger partial charge in [0.1, 0.15) is 5.82 Å². The summed E-state index contributed by atoms with van der Waals surface area (Å²) >= 11 is 3.44. The van der Waals surface area contributed by atoms with Gasteiger partial charge in [-0.25, -0.2) is 0 Å². The molecule has 3 unspecified atom stereocenters. The summed E-state index contributed by atoms with van der Waals surface area (Å²) in [6.45, 7) is 2.12. The highest BCUT2D eigenvalue weighted by atomic mass is 79.9. The predicted molar refractivity (Wildman–Crippen MR) is 77.6 cm³/mol. The molecule has 0 aromatic carbocycles. The molecule has 20 heavy (non-hydrogen) atoms. The first-order valence-electron chi connectivity index (χ1n) is 6.83. The summed E-state index contributed by atoms with van der Waals surface area (Å²) in [5, 5.41) is 17.9. The zero-order chi connectivity index (χ0) is 14.3. The maximum Gasteiger partial charge on any atom is 0.307 e. The van der Waals surface area contributed by atoms with E-state index in [0.29, 0.717) is 5.92 Å². The number of aromatic nitrogens is 3. The van der Waals surface area contributed by atoms with Crippen LogP contribution in [-0.2, 0) is 4.79 Å². The molecule has 0 amide bonds. The van der Waals surface area contributed by atoms with Crippen LogP contribution in [0.25, 0.3) is 5.65 Å². The second-order valence-corrected chi connectivity index (χ2v) is 6.35. The number of rotatable bonds is 3. The molecule has 1 N–H and O–H groups in total. The van der Waals surface area contributed by atoms with Crippen LogP contribution in [-0.4, -0.2) is 25.7 Å². The lowest BCUT2D eigenvalue weighted by atomic mass is 9.95. The average molecular weight is 338 g/mol. The van der Waals surface area contributed by atoms with E-state index < -0.39 is 5.97 Å². The molecule has 1 fully saturated rings. The fourth-order valence-corrected chi connectivity index (χ4v) is 3.51. The van der Waals surface area contributed by atoms with Gasteiger partial charge in [-0.05, 0) is 46.8 Å². The van der Waals surface area contributed by atoms with Crippen molar-refractivity contribution in [2.45, 2.75) is 32.1 Å². The highest BCUT2D eigenvalue weighted by molar-refractivity contribution is 9.10. The van der Waals surface area contributed by atoms with Gasteiger partial charge in [0.05, 0.1) is 5.92 Å². The van der Waals surface area contributed by atoms with Crippen molar-refractivity contribution >= 4 is 27.5 Å². The maximum atomic E-state index is 11.5. The average Bonchev–Trinajstić information content (AvgIpc) is 3.00. The van der Waals surface area contributed by atoms with Gasteiger partial charge in [-0.3, -0.25) is 9.20 Å². The van der Waals surface area contributed by atoms with E-state index in [9.17, 15) is 9.90 Å².